The summed E-state index contributed by atoms with van der Waals surface area (Å²) in [6, 6.07) is 8.15. The summed E-state index contributed by atoms with van der Waals surface area (Å²) in [5.41, 5.74) is 2.16. The molecule has 0 bridgehead atoms. The van der Waals surface area contributed by atoms with E-state index in [-0.39, 0.29) is 12.4 Å². The first-order valence-corrected chi connectivity index (χ1v) is 7.08. The summed E-state index contributed by atoms with van der Waals surface area (Å²) in [5.74, 6) is 0.927. The molecule has 0 spiro atoms. The van der Waals surface area contributed by atoms with Crippen LogP contribution in [-0.2, 0) is 6.54 Å². The van der Waals surface area contributed by atoms with Gasteiger partial charge in [-0.1, -0.05) is 20.3 Å². The minimum atomic E-state index is 0. The van der Waals surface area contributed by atoms with Gasteiger partial charge < -0.3 is 9.30 Å². The Morgan fingerprint density at radius 2 is 1.85 bits per heavy atom. The van der Waals surface area contributed by atoms with Gasteiger partial charge in [0.2, 0.25) is 0 Å². The highest BCUT2D eigenvalue weighted by atomic mass is 35.5. The molecule has 0 fully saturated rings. The molecule has 1 aromatic carbocycles. The zero-order valence-corrected chi connectivity index (χ0v) is 13.0. The van der Waals surface area contributed by atoms with Gasteiger partial charge in [-0.3, -0.25) is 0 Å². The monoisotopic (exact) mass is 294 g/mol. The van der Waals surface area contributed by atoms with Crippen molar-refractivity contribution in [3.05, 3.63) is 36.8 Å². The summed E-state index contributed by atoms with van der Waals surface area (Å²) in [5, 5.41) is 0. The lowest BCUT2D eigenvalue weighted by atomic mass is 10.1. The van der Waals surface area contributed by atoms with Gasteiger partial charge in [-0.05, 0) is 37.1 Å². The topological polar surface area (TPSA) is 27.1 Å². The van der Waals surface area contributed by atoms with Crippen molar-refractivity contribution in [1.29, 1.82) is 0 Å². The van der Waals surface area contributed by atoms with Crippen LogP contribution in [0.25, 0.3) is 11.3 Å². The molecule has 0 unspecified atom stereocenters. The van der Waals surface area contributed by atoms with Crippen molar-refractivity contribution in [2.75, 3.05) is 6.61 Å². The maximum Gasteiger partial charge on any atom is 0.119 e. The summed E-state index contributed by atoms with van der Waals surface area (Å²) in [7, 11) is 0. The molecule has 110 valence electrons. The second-order valence-corrected chi connectivity index (χ2v) is 4.72. The van der Waals surface area contributed by atoms with E-state index in [1.165, 1.54) is 12.8 Å². The number of rotatable bonds is 7. The predicted molar refractivity (Wildman–Crippen MR) is 85.6 cm³/mol. The van der Waals surface area contributed by atoms with E-state index in [1.807, 2.05) is 18.5 Å². The van der Waals surface area contributed by atoms with Crippen molar-refractivity contribution < 1.29 is 4.74 Å². The highest BCUT2D eigenvalue weighted by molar-refractivity contribution is 5.85. The van der Waals surface area contributed by atoms with Gasteiger partial charge in [0.1, 0.15) is 5.75 Å². The second-order valence-electron chi connectivity index (χ2n) is 4.72. The molecule has 0 saturated carbocycles. The van der Waals surface area contributed by atoms with E-state index in [2.05, 4.69) is 41.7 Å². The zero-order valence-electron chi connectivity index (χ0n) is 12.2. The Kier molecular flexibility index (Phi) is 7.16. The fourth-order valence-electron chi connectivity index (χ4n) is 1.91. The molecule has 0 aliphatic carbocycles. The van der Waals surface area contributed by atoms with Gasteiger partial charge in [-0.15, -0.1) is 12.4 Å². The van der Waals surface area contributed by atoms with E-state index < -0.39 is 0 Å². The number of hydrogen-bond acceptors (Lipinski definition) is 2. The smallest absolute Gasteiger partial charge is 0.119 e. The third-order valence-electron chi connectivity index (χ3n) is 3.03. The fourth-order valence-corrected chi connectivity index (χ4v) is 1.91. The van der Waals surface area contributed by atoms with Gasteiger partial charge in [-0.25, -0.2) is 4.98 Å². The second kappa shape index (κ2) is 8.64. The van der Waals surface area contributed by atoms with Crippen molar-refractivity contribution >= 4 is 12.4 Å². The lowest BCUT2D eigenvalue weighted by molar-refractivity contribution is 0.317. The number of hydrogen-bond donors (Lipinski definition) is 0. The molecular weight excluding hydrogens is 272 g/mol. The molecule has 3 nitrogen and oxygen atoms in total. The van der Waals surface area contributed by atoms with Crippen molar-refractivity contribution in [3.63, 3.8) is 0 Å². The Morgan fingerprint density at radius 1 is 1.10 bits per heavy atom. The van der Waals surface area contributed by atoms with E-state index in [4.69, 9.17) is 4.74 Å². The maximum atomic E-state index is 5.58. The van der Waals surface area contributed by atoms with Crippen LogP contribution in [0.2, 0.25) is 0 Å². The van der Waals surface area contributed by atoms with Crippen LogP contribution in [0.1, 0.15) is 33.1 Å². The molecule has 0 saturated heterocycles. The number of benzene rings is 1. The van der Waals surface area contributed by atoms with Crippen LogP contribution in [0.15, 0.2) is 36.8 Å². The molecule has 1 heterocycles. The number of halogens is 1. The van der Waals surface area contributed by atoms with E-state index in [9.17, 15) is 0 Å². The molecule has 4 heteroatoms. The lowest BCUT2D eigenvalue weighted by Gasteiger charge is -2.04. The third kappa shape index (κ3) is 4.57. The van der Waals surface area contributed by atoms with Crippen molar-refractivity contribution in [2.45, 2.75) is 39.7 Å². The normalized spacial score (nSPS) is 10.1. The first kappa shape index (κ1) is 16.6. The predicted octanol–water partition coefficient (Wildman–Crippen LogP) is 4.56. The number of aromatic nitrogens is 2. The van der Waals surface area contributed by atoms with Crippen molar-refractivity contribution in [3.8, 4) is 17.0 Å². The standard InChI is InChI=1S/C16H22N2O.ClH/c1-3-5-10-18-12-16(17-13-18)14-6-8-15(9-7-14)19-11-4-2;/h6-9,12-13H,3-5,10-11H2,1-2H3;1H. The molecule has 1 aromatic heterocycles. The highest BCUT2D eigenvalue weighted by Gasteiger charge is 2.02. The Bertz CT molecular complexity index is 493. The van der Waals surface area contributed by atoms with Crippen LogP contribution in [-0.4, -0.2) is 16.2 Å². The Labute approximate surface area is 127 Å². The van der Waals surface area contributed by atoms with E-state index in [0.29, 0.717) is 0 Å². The van der Waals surface area contributed by atoms with Gasteiger partial charge in [0.15, 0.2) is 0 Å². The summed E-state index contributed by atoms with van der Waals surface area (Å²) in [6.07, 6.45) is 7.45. The first-order valence-electron chi connectivity index (χ1n) is 7.08. The minimum absolute atomic E-state index is 0. The molecule has 0 amide bonds. The van der Waals surface area contributed by atoms with E-state index >= 15 is 0 Å². The average Bonchev–Trinajstić information content (AvgIpc) is 2.92. The van der Waals surface area contributed by atoms with Crippen LogP contribution in [0, 0.1) is 0 Å². The fraction of sp³-hybridized carbons (Fsp3) is 0.438. The molecule has 2 rings (SSSR count). The molecule has 0 N–H and O–H groups in total. The largest absolute Gasteiger partial charge is 0.494 e. The SMILES string of the molecule is CCCCn1cnc(-c2ccc(OCCC)cc2)c1.Cl. The van der Waals surface area contributed by atoms with Crippen LogP contribution in [0.3, 0.4) is 0 Å². The van der Waals surface area contributed by atoms with Crippen molar-refractivity contribution in [2.24, 2.45) is 0 Å². The van der Waals surface area contributed by atoms with Crippen LogP contribution >= 0.6 is 12.4 Å². The number of imidazole rings is 1. The van der Waals surface area contributed by atoms with Gasteiger partial charge in [0, 0.05) is 18.3 Å². The third-order valence-corrected chi connectivity index (χ3v) is 3.03. The summed E-state index contributed by atoms with van der Waals surface area (Å²) < 4.78 is 7.73. The molecule has 2 aromatic rings. The summed E-state index contributed by atoms with van der Waals surface area (Å²) >= 11 is 0. The zero-order chi connectivity index (χ0) is 13.5. The Balaban J connectivity index is 0.00000200. The van der Waals surface area contributed by atoms with Crippen LogP contribution < -0.4 is 4.74 Å². The number of aryl methyl sites for hydroxylation is 1. The summed E-state index contributed by atoms with van der Waals surface area (Å²) in [4.78, 5) is 4.45. The van der Waals surface area contributed by atoms with Crippen LogP contribution in [0.5, 0.6) is 5.75 Å². The molecule has 0 aliphatic rings. The van der Waals surface area contributed by atoms with Crippen molar-refractivity contribution in [1.82, 2.24) is 9.55 Å². The molecule has 20 heavy (non-hydrogen) atoms. The molecule has 0 radical (unpaired) electrons. The molecule has 0 aliphatic heterocycles. The maximum absolute atomic E-state index is 5.58. The molecular formula is C16H23ClN2O. The van der Waals surface area contributed by atoms with Gasteiger partial charge in [-0.2, -0.15) is 0 Å². The number of unbranched alkanes of at least 4 members (excludes halogenated alkanes) is 1. The van der Waals surface area contributed by atoms with Gasteiger partial charge in [0.05, 0.1) is 18.6 Å². The first-order chi connectivity index (χ1) is 9.33. The van der Waals surface area contributed by atoms with Gasteiger partial charge in [0.25, 0.3) is 0 Å². The number of nitrogens with zero attached hydrogens (tertiary/aromatic N) is 2. The lowest BCUT2D eigenvalue weighted by Crippen LogP contribution is -1.94. The Hall–Kier alpha value is -1.48. The highest BCUT2D eigenvalue weighted by Crippen LogP contribution is 2.21. The summed E-state index contributed by atoms with van der Waals surface area (Å²) in [6.45, 7) is 6.12. The van der Waals surface area contributed by atoms with Crippen LogP contribution in [0.4, 0.5) is 0 Å². The molecule has 0 atom stereocenters. The van der Waals surface area contributed by atoms with E-state index in [1.54, 1.807) is 0 Å². The average molecular weight is 295 g/mol. The van der Waals surface area contributed by atoms with E-state index in [0.717, 1.165) is 36.6 Å². The van der Waals surface area contributed by atoms with Gasteiger partial charge >= 0.3 is 0 Å². The quantitative estimate of drug-likeness (QED) is 0.748. The minimum Gasteiger partial charge on any atom is -0.494 e. The Morgan fingerprint density at radius 3 is 2.50 bits per heavy atom. The number of ether oxygens (including phenoxy) is 1.